The van der Waals surface area contributed by atoms with Crippen molar-refractivity contribution < 1.29 is 0 Å². The molecule has 3 N–H and O–H groups in total. The summed E-state index contributed by atoms with van der Waals surface area (Å²) in [6.45, 7) is 1.41. The lowest BCUT2D eigenvalue weighted by Crippen LogP contribution is -2.37. The number of benzene rings is 1. The van der Waals surface area contributed by atoms with E-state index in [0.717, 1.165) is 36.8 Å². The lowest BCUT2D eigenvalue weighted by molar-refractivity contribution is 0.728. The molecule has 28 heavy (non-hydrogen) atoms. The van der Waals surface area contributed by atoms with Crippen LogP contribution in [-0.4, -0.2) is 39.1 Å². The highest BCUT2D eigenvalue weighted by molar-refractivity contribution is 14.0. The van der Waals surface area contributed by atoms with Crippen LogP contribution in [-0.2, 0) is 13.0 Å². The molecule has 0 saturated heterocycles. The molecule has 0 bridgehead atoms. The Balaban J connectivity index is 0.00000225. The van der Waals surface area contributed by atoms with E-state index in [9.17, 15) is 0 Å². The summed E-state index contributed by atoms with van der Waals surface area (Å²) in [5, 5.41) is 16.3. The Kier molecular flexibility index (Phi) is 6.85. The van der Waals surface area contributed by atoms with Gasteiger partial charge >= 0.3 is 0 Å². The fourth-order valence-electron chi connectivity index (χ4n) is 3.22. The van der Waals surface area contributed by atoms with Gasteiger partial charge in [-0.2, -0.15) is 0 Å². The smallest absolute Gasteiger partial charge is 0.191 e. The Morgan fingerprint density at radius 3 is 2.86 bits per heavy atom. The molecule has 0 amide bonds. The summed E-state index contributed by atoms with van der Waals surface area (Å²) in [5.74, 6) is 1.62. The molecule has 0 spiro atoms. The van der Waals surface area contributed by atoms with Gasteiger partial charge in [0.25, 0.3) is 0 Å². The maximum absolute atomic E-state index is 4.28. The number of nitrogens with one attached hydrogen (secondary N) is 3. The van der Waals surface area contributed by atoms with E-state index >= 15 is 0 Å². The Bertz CT molecular complexity index is 1070. The van der Waals surface area contributed by atoms with E-state index in [1.807, 2.05) is 28.8 Å². The van der Waals surface area contributed by atoms with Crippen LogP contribution >= 0.6 is 24.0 Å². The zero-order valence-electron chi connectivity index (χ0n) is 15.7. The third-order valence-corrected chi connectivity index (χ3v) is 4.61. The molecule has 7 nitrogen and oxygen atoms in total. The van der Waals surface area contributed by atoms with Crippen molar-refractivity contribution in [1.29, 1.82) is 0 Å². The number of pyridine rings is 1. The standard InChI is InChI=1S/C20H23N7.HI/c1-21-20(24-14-19-26-25-18-10-4-5-12-27(18)19)22-11-6-7-15-13-23-17-9-3-2-8-16(15)17;/h2-5,8-10,12-13,23H,6-7,11,14H2,1H3,(H2,21,22,24);1H. The predicted octanol–water partition coefficient (Wildman–Crippen LogP) is 3.13. The minimum atomic E-state index is 0. The Hall–Kier alpha value is -2.62. The van der Waals surface area contributed by atoms with Crippen molar-refractivity contribution in [3.05, 3.63) is 66.2 Å². The van der Waals surface area contributed by atoms with Crippen molar-refractivity contribution in [3.63, 3.8) is 0 Å². The van der Waals surface area contributed by atoms with Gasteiger partial charge < -0.3 is 15.6 Å². The van der Waals surface area contributed by atoms with Crippen LogP contribution in [0, 0.1) is 0 Å². The number of rotatable bonds is 6. The van der Waals surface area contributed by atoms with Gasteiger partial charge in [0.15, 0.2) is 17.4 Å². The van der Waals surface area contributed by atoms with E-state index in [-0.39, 0.29) is 24.0 Å². The van der Waals surface area contributed by atoms with Crippen LogP contribution in [0.1, 0.15) is 17.8 Å². The maximum Gasteiger partial charge on any atom is 0.191 e. The molecule has 0 aliphatic rings. The van der Waals surface area contributed by atoms with Crippen molar-refractivity contribution in [2.45, 2.75) is 19.4 Å². The summed E-state index contributed by atoms with van der Waals surface area (Å²) in [6, 6.07) is 14.3. The SMILES string of the molecule is CN=C(NCCCc1c[nH]c2ccccc12)NCc1nnc2ccccn12.I. The van der Waals surface area contributed by atoms with Gasteiger partial charge in [-0.1, -0.05) is 24.3 Å². The van der Waals surface area contributed by atoms with Crippen LogP contribution < -0.4 is 10.6 Å². The van der Waals surface area contributed by atoms with Crippen LogP contribution in [0.4, 0.5) is 0 Å². The fraction of sp³-hybridized carbons (Fsp3) is 0.250. The van der Waals surface area contributed by atoms with Gasteiger partial charge in [0.1, 0.15) is 0 Å². The summed E-state index contributed by atoms with van der Waals surface area (Å²) in [6.07, 6.45) is 6.11. The molecule has 8 heteroatoms. The van der Waals surface area contributed by atoms with E-state index in [1.165, 1.54) is 16.5 Å². The van der Waals surface area contributed by atoms with E-state index in [1.54, 1.807) is 7.05 Å². The number of guanidine groups is 1. The lowest BCUT2D eigenvalue weighted by atomic mass is 10.1. The largest absolute Gasteiger partial charge is 0.361 e. The van der Waals surface area contributed by atoms with Crippen molar-refractivity contribution in [1.82, 2.24) is 30.2 Å². The number of nitrogens with zero attached hydrogens (tertiary/aromatic N) is 4. The van der Waals surface area contributed by atoms with Crippen LogP contribution in [0.15, 0.2) is 59.9 Å². The first kappa shape index (κ1) is 20.1. The van der Waals surface area contributed by atoms with Crippen LogP contribution in [0.25, 0.3) is 16.6 Å². The van der Waals surface area contributed by atoms with Gasteiger partial charge in [-0.05, 0) is 36.6 Å². The van der Waals surface area contributed by atoms with Gasteiger partial charge in [-0.25, -0.2) is 0 Å². The molecule has 3 heterocycles. The van der Waals surface area contributed by atoms with Gasteiger partial charge in [0.2, 0.25) is 0 Å². The minimum Gasteiger partial charge on any atom is -0.361 e. The molecule has 1 aromatic carbocycles. The Morgan fingerprint density at radius 2 is 1.96 bits per heavy atom. The number of halogens is 1. The van der Waals surface area contributed by atoms with Gasteiger partial charge in [0.05, 0.1) is 6.54 Å². The zero-order chi connectivity index (χ0) is 18.5. The van der Waals surface area contributed by atoms with Gasteiger partial charge in [-0.15, -0.1) is 34.2 Å². The lowest BCUT2D eigenvalue weighted by Gasteiger charge is -2.11. The molecule has 146 valence electrons. The Morgan fingerprint density at radius 1 is 1.11 bits per heavy atom. The maximum atomic E-state index is 4.28. The summed E-state index contributed by atoms with van der Waals surface area (Å²) in [4.78, 5) is 7.61. The zero-order valence-corrected chi connectivity index (χ0v) is 18.1. The molecule has 0 radical (unpaired) electrons. The highest BCUT2D eigenvalue weighted by Crippen LogP contribution is 2.18. The third kappa shape index (κ3) is 4.44. The first-order valence-electron chi connectivity index (χ1n) is 9.13. The van der Waals surface area contributed by atoms with E-state index < -0.39 is 0 Å². The number of hydrogen-bond acceptors (Lipinski definition) is 3. The second-order valence-corrected chi connectivity index (χ2v) is 6.36. The van der Waals surface area contributed by atoms with Crippen molar-refractivity contribution in [2.75, 3.05) is 13.6 Å². The Labute approximate surface area is 180 Å². The molecular weight excluding hydrogens is 465 g/mol. The molecular formula is C20H24IN7. The molecule has 0 aliphatic carbocycles. The summed E-state index contributed by atoms with van der Waals surface area (Å²) < 4.78 is 1.97. The molecule has 3 aromatic heterocycles. The van der Waals surface area contributed by atoms with Crippen molar-refractivity contribution in [2.24, 2.45) is 4.99 Å². The van der Waals surface area contributed by atoms with E-state index in [2.05, 4.69) is 61.3 Å². The third-order valence-electron chi connectivity index (χ3n) is 4.61. The van der Waals surface area contributed by atoms with Crippen LogP contribution in [0.3, 0.4) is 0 Å². The highest BCUT2D eigenvalue weighted by atomic mass is 127. The number of fused-ring (bicyclic) bond motifs is 2. The number of H-pyrrole nitrogens is 1. The van der Waals surface area contributed by atoms with Crippen molar-refractivity contribution in [3.8, 4) is 0 Å². The number of hydrogen-bond donors (Lipinski definition) is 3. The van der Waals surface area contributed by atoms with Crippen LogP contribution in [0.5, 0.6) is 0 Å². The number of para-hydroxylation sites is 1. The number of aryl methyl sites for hydroxylation is 1. The second kappa shape index (κ2) is 9.54. The first-order valence-corrected chi connectivity index (χ1v) is 9.13. The monoisotopic (exact) mass is 489 g/mol. The predicted molar refractivity (Wildman–Crippen MR) is 123 cm³/mol. The van der Waals surface area contributed by atoms with Gasteiger partial charge in [-0.3, -0.25) is 9.39 Å². The topological polar surface area (TPSA) is 82.4 Å². The first-order chi connectivity index (χ1) is 13.3. The fourth-order valence-corrected chi connectivity index (χ4v) is 3.22. The molecule has 4 aromatic rings. The molecule has 0 aliphatic heterocycles. The average molecular weight is 489 g/mol. The molecule has 4 rings (SSSR count). The molecule has 0 unspecified atom stereocenters. The number of aliphatic imine (C=N–C) groups is 1. The summed E-state index contributed by atoms with van der Waals surface area (Å²) >= 11 is 0. The average Bonchev–Trinajstić information content (AvgIpc) is 3.32. The molecule has 0 saturated carbocycles. The van der Waals surface area contributed by atoms with Crippen LogP contribution in [0.2, 0.25) is 0 Å². The number of aromatic nitrogens is 4. The molecule has 0 fully saturated rings. The van der Waals surface area contributed by atoms with Crippen molar-refractivity contribution >= 4 is 46.5 Å². The van der Waals surface area contributed by atoms with E-state index in [0.29, 0.717) is 6.54 Å². The quantitative estimate of drug-likeness (QED) is 0.168. The number of aromatic amines is 1. The highest BCUT2D eigenvalue weighted by Gasteiger charge is 2.06. The van der Waals surface area contributed by atoms with E-state index in [4.69, 9.17) is 0 Å². The summed E-state index contributed by atoms with van der Waals surface area (Å²) in [7, 11) is 1.77. The van der Waals surface area contributed by atoms with Gasteiger partial charge in [0, 0.05) is 36.9 Å². The summed E-state index contributed by atoms with van der Waals surface area (Å²) in [5.41, 5.74) is 3.39. The second-order valence-electron chi connectivity index (χ2n) is 6.36. The minimum absolute atomic E-state index is 0. The normalized spacial score (nSPS) is 11.5. The molecule has 0 atom stereocenters.